The van der Waals surface area contributed by atoms with Gasteiger partial charge < -0.3 is 10.6 Å². The van der Waals surface area contributed by atoms with E-state index in [0.29, 0.717) is 23.4 Å². The van der Waals surface area contributed by atoms with Crippen LogP contribution in [0.4, 0.5) is 5.69 Å². The fourth-order valence-electron chi connectivity index (χ4n) is 2.08. The Morgan fingerprint density at radius 3 is 3.00 bits per heavy atom. The molecule has 2 atom stereocenters. The summed E-state index contributed by atoms with van der Waals surface area (Å²) < 4.78 is 0. The molecular weight excluding hydrogens is 246 g/mol. The molecule has 2 heterocycles. The van der Waals surface area contributed by atoms with Crippen molar-refractivity contribution in [3.8, 4) is 0 Å². The normalized spacial score (nSPS) is 24.0. The van der Waals surface area contributed by atoms with Crippen molar-refractivity contribution >= 4 is 23.4 Å². The number of aromatic nitrogens is 1. The zero-order chi connectivity index (χ0) is 13.1. The third kappa shape index (κ3) is 2.96. The van der Waals surface area contributed by atoms with E-state index >= 15 is 0 Å². The second-order valence-electron chi connectivity index (χ2n) is 4.66. The van der Waals surface area contributed by atoms with E-state index in [1.165, 1.54) is 0 Å². The Hall–Kier alpha value is -1.23. The van der Waals surface area contributed by atoms with Gasteiger partial charge in [-0.25, -0.2) is 0 Å². The summed E-state index contributed by atoms with van der Waals surface area (Å²) in [6, 6.07) is 3.90. The van der Waals surface area contributed by atoms with Crippen LogP contribution >= 0.6 is 11.8 Å². The Bertz CT molecular complexity index is 421. The summed E-state index contributed by atoms with van der Waals surface area (Å²) in [7, 11) is 0. The summed E-state index contributed by atoms with van der Waals surface area (Å²) >= 11 is 1.93. The first-order valence-corrected chi connectivity index (χ1v) is 7.24. The number of carbonyl (C=O) groups is 1. The maximum Gasteiger partial charge on any atom is 0.228 e. The largest absolute Gasteiger partial charge is 0.397 e. The number of anilines is 1. The summed E-state index contributed by atoms with van der Waals surface area (Å²) in [5.41, 5.74) is 6.99. The molecule has 0 bridgehead atoms. The number of nitrogen functional groups attached to an aromatic ring is 1. The lowest BCUT2D eigenvalue weighted by molar-refractivity contribution is -0.132. The monoisotopic (exact) mass is 265 g/mol. The highest BCUT2D eigenvalue weighted by atomic mass is 32.2. The zero-order valence-corrected chi connectivity index (χ0v) is 11.6. The van der Waals surface area contributed by atoms with Crippen molar-refractivity contribution in [1.29, 1.82) is 0 Å². The Balaban J connectivity index is 2.01. The van der Waals surface area contributed by atoms with Crippen molar-refractivity contribution in [1.82, 2.24) is 9.88 Å². The van der Waals surface area contributed by atoms with E-state index < -0.39 is 0 Å². The Morgan fingerprint density at radius 1 is 1.56 bits per heavy atom. The van der Waals surface area contributed by atoms with Gasteiger partial charge in [-0.3, -0.25) is 9.78 Å². The topological polar surface area (TPSA) is 59.2 Å². The summed E-state index contributed by atoms with van der Waals surface area (Å²) in [5, 5.41) is 0.502. The van der Waals surface area contributed by atoms with Gasteiger partial charge >= 0.3 is 0 Å². The molecule has 2 rings (SSSR count). The SMILES string of the molecule is CC1SCCN(C(=O)Cc2ccc(N)cn2)C1C. The van der Waals surface area contributed by atoms with E-state index in [4.69, 9.17) is 5.73 Å². The second kappa shape index (κ2) is 5.61. The molecule has 1 saturated heterocycles. The number of thioether (sulfide) groups is 1. The van der Waals surface area contributed by atoms with Crippen LogP contribution in [0.5, 0.6) is 0 Å². The summed E-state index contributed by atoms with van der Waals surface area (Å²) in [6.45, 7) is 5.13. The Morgan fingerprint density at radius 2 is 2.33 bits per heavy atom. The first-order chi connectivity index (χ1) is 8.58. The highest BCUT2D eigenvalue weighted by Gasteiger charge is 2.28. The van der Waals surface area contributed by atoms with Gasteiger partial charge in [-0.1, -0.05) is 6.92 Å². The van der Waals surface area contributed by atoms with Crippen LogP contribution < -0.4 is 5.73 Å². The van der Waals surface area contributed by atoms with E-state index in [2.05, 4.69) is 18.8 Å². The molecule has 0 aromatic carbocycles. The number of pyridine rings is 1. The molecule has 1 aliphatic heterocycles. The molecule has 18 heavy (non-hydrogen) atoms. The van der Waals surface area contributed by atoms with Gasteiger partial charge in [-0.15, -0.1) is 0 Å². The van der Waals surface area contributed by atoms with Gasteiger partial charge in [0.2, 0.25) is 5.91 Å². The number of nitrogens with zero attached hydrogens (tertiary/aromatic N) is 2. The Labute approximate surface area is 112 Å². The van der Waals surface area contributed by atoms with Crippen molar-refractivity contribution < 1.29 is 4.79 Å². The van der Waals surface area contributed by atoms with Gasteiger partial charge in [0.1, 0.15) is 0 Å². The fourth-order valence-corrected chi connectivity index (χ4v) is 3.18. The third-order valence-electron chi connectivity index (χ3n) is 3.38. The van der Waals surface area contributed by atoms with Crippen molar-refractivity contribution in [2.24, 2.45) is 0 Å². The first-order valence-electron chi connectivity index (χ1n) is 6.19. The number of nitrogens with two attached hydrogens (primary N) is 1. The van der Waals surface area contributed by atoms with Gasteiger partial charge in [0.05, 0.1) is 18.3 Å². The summed E-state index contributed by atoms with van der Waals surface area (Å²) in [4.78, 5) is 18.4. The van der Waals surface area contributed by atoms with Crippen molar-refractivity contribution in [3.63, 3.8) is 0 Å². The molecule has 0 radical (unpaired) electrons. The van der Waals surface area contributed by atoms with Crippen LogP contribution in [0, 0.1) is 0 Å². The van der Waals surface area contributed by atoms with Gasteiger partial charge in [-0.2, -0.15) is 11.8 Å². The molecule has 5 heteroatoms. The minimum atomic E-state index is 0.159. The van der Waals surface area contributed by atoms with Crippen LogP contribution in [0.2, 0.25) is 0 Å². The quantitative estimate of drug-likeness (QED) is 0.881. The lowest BCUT2D eigenvalue weighted by atomic mass is 10.1. The van der Waals surface area contributed by atoms with Crippen LogP contribution in [-0.4, -0.2) is 39.4 Å². The van der Waals surface area contributed by atoms with E-state index in [1.807, 2.05) is 22.7 Å². The average Bonchev–Trinajstić information content (AvgIpc) is 2.35. The number of hydrogen-bond donors (Lipinski definition) is 1. The highest BCUT2D eigenvalue weighted by Crippen LogP contribution is 2.24. The molecule has 1 aliphatic rings. The molecule has 98 valence electrons. The number of amides is 1. The number of rotatable bonds is 2. The van der Waals surface area contributed by atoms with E-state index in [-0.39, 0.29) is 5.91 Å². The van der Waals surface area contributed by atoms with E-state index in [9.17, 15) is 4.79 Å². The molecule has 4 nitrogen and oxygen atoms in total. The molecule has 1 aromatic rings. The van der Waals surface area contributed by atoms with Gasteiger partial charge in [0, 0.05) is 29.3 Å². The zero-order valence-electron chi connectivity index (χ0n) is 10.8. The van der Waals surface area contributed by atoms with E-state index in [0.717, 1.165) is 18.0 Å². The molecule has 0 saturated carbocycles. The van der Waals surface area contributed by atoms with Crippen LogP contribution in [-0.2, 0) is 11.2 Å². The standard InChI is InChI=1S/C13H19N3OS/c1-9-10(2)18-6-5-16(9)13(17)7-12-4-3-11(14)8-15-12/h3-4,8-10H,5-7,14H2,1-2H3. The second-order valence-corrected chi connectivity index (χ2v) is 6.15. The number of hydrogen-bond acceptors (Lipinski definition) is 4. The maximum atomic E-state index is 12.3. The van der Waals surface area contributed by atoms with Gasteiger partial charge in [0.15, 0.2) is 0 Å². The third-order valence-corrected chi connectivity index (χ3v) is 4.72. The van der Waals surface area contributed by atoms with E-state index in [1.54, 1.807) is 12.3 Å². The molecule has 1 amide bonds. The molecular formula is C13H19N3OS. The predicted molar refractivity (Wildman–Crippen MR) is 75.4 cm³/mol. The van der Waals surface area contributed by atoms with Crippen LogP contribution in [0.25, 0.3) is 0 Å². The molecule has 1 fully saturated rings. The van der Waals surface area contributed by atoms with Crippen LogP contribution in [0.1, 0.15) is 19.5 Å². The number of carbonyl (C=O) groups excluding carboxylic acids is 1. The van der Waals surface area contributed by atoms with Gasteiger partial charge in [-0.05, 0) is 19.1 Å². The molecule has 0 aliphatic carbocycles. The molecule has 2 N–H and O–H groups in total. The minimum Gasteiger partial charge on any atom is -0.397 e. The average molecular weight is 265 g/mol. The van der Waals surface area contributed by atoms with Crippen LogP contribution in [0.15, 0.2) is 18.3 Å². The summed E-state index contributed by atoms with van der Waals surface area (Å²) in [5.74, 6) is 1.18. The maximum absolute atomic E-state index is 12.3. The predicted octanol–water partition coefficient (Wildman–Crippen LogP) is 1.56. The minimum absolute atomic E-state index is 0.159. The highest BCUT2D eigenvalue weighted by molar-refractivity contribution is 8.00. The molecule has 1 aromatic heterocycles. The smallest absolute Gasteiger partial charge is 0.228 e. The van der Waals surface area contributed by atoms with Crippen molar-refractivity contribution in [2.45, 2.75) is 31.6 Å². The molecule has 0 spiro atoms. The van der Waals surface area contributed by atoms with Crippen molar-refractivity contribution in [3.05, 3.63) is 24.0 Å². The van der Waals surface area contributed by atoms with Crippen molar-refractivity contribution in [2.75, 3.05) is 18.0 Å². The van der Waals surface area contributed by atoms with Crippen LogP contribution in [0.3, 0.4) is 0 Å². The first kappa shape index (κ1) is 13.2. The lowest BCUT2D eigenvalue weighted by Crippen LogP contribution is -2.48. The van der Waals surface area contributed by atoms with Gasteiger partial charge in [0.25, 0.3) is 0 Å². The fraction of sp³-hybridized carbons (Fsp3) is 0.538. The summed E-state index contributed by atoms with van der Waals surface area (Å²) in [6.07, 6.45) is 1.96. The Kier molecular flexibility index (Phi) is 4.11. The molecule has 2 unspecified atom stereocenters. The lowest BCUT2D eigenvalue weighted by Gasteiger charge is -2.37.